The van der Waals surface area contributed by atoms with Crippen molar-refractivity contribution in [1.29, 1.82) is 0 Å². The minimum Gasteiger partial charge on any atom is -0.372 e. The lowest BCUT2D eigenvalue weighted by Crippen LogP contribution is -2.29. The normalized spacial score (nSPS) is 15.3. The van der Waals surface area contributed by atoms with E-state index in [4.69, 9.17) is 0 Å². The van der Waals surface area contributed by atoms with Crippen LogP contribution in [0.2, 0.25) is 0 Å². The van der Waals surface area contributed by atoms with Crippen LogP contribution in [0.25, 0.3) is 0 Å². The Balaban J connectivity index is 1.70. The lowest BCUT2D eigenvalue weighted by Gasteiger charge is -2.28. The van der Waals surface area contributed by atoms with Gasteiger partial charge in [0.2, 0.25) is 0 Å². The van der Waals surface area contributed by atoms with Crippen LogP contribution in [0.1, 0.15) is 56.2 Å². The number of rotatable bonds is 3. The summed E-state index contributed by atoms with van der Waals surface area (Å²) in [5.74, 6) is -0.128. The Kier molecular flexibility index (Phi) is 4.84. The quantitative estimate of drug-likeness (QED) is 0.920. The van der Waals surface area contributed by atoms with Gasteiger partial charge in [-0.25, -0.2) is 0 Å². The standard InChI is InChI=1S/C20H28N4O/c1-20(2,3)18-14-17(23(4)22-18)19(25)21-15-8-10-16(11-9-15)24-12-6-5-7-13-24/h8-11,14H,5-7,12-13H2,1-4H3,(H,21,25). The summed E-state index contributed by atoms with van der Waals surface area (Å²) in [4.78, 5) is 15.0. The fourth-order valence-corrected chi connectivity index (χ4v) is 3.15. The predicted molar refractivity (Wildman–Crippen MR) is 102 cm³/mol. The SMILES string of the molecule is Cn1nc(C(C)(C)C)cc1C(=O)Nc1ccc(N2CCCCC2)cc1. The van der Waals surface area contributed by atoms with E-state index in [2.05, 4.69) is 48.2 Å². The van der Waals surface area contributed by atoms with Crippen molar-refractivity contribution in [2.24, 2.45) is 7.05 Å². The Morgan fingerprint density at radius 2 is 1.72 bits per heavy atom. The fraction of sp³-hybridized carbons (Fsp3) is 0.500. The summed E-state index contributed by atoms with van der Waals surface area (Å²) in [5, 5.41) is 7.44. The number of aryl methyl sites for hydroxylation is 1. The van der Waals surface area contributed by atoms with Crippen LogP contribution in [0.4, 0.5) is 11.4 Å². The molecule has 0 unspecified atom stereocenters. The van der Waals surface area contributed by atoms with Crippen LogP contribution in [-0.4, -0.2) is 28.8 Å². The first-order valence-corrected chi connectivity index (χ1v) is 9.05. The molecule has 1 aromatic carbocycles. The highest BCUT2D eigenvalue weighted by Gasteiger charge is 2.21. The summed E-state index contributed by atoms with van der Waals surface area (Å²) in [6, 6.07) is 10.00. The lowest BCUT2D eigenvalue weighted by atomic mass is 9.92. The second-order valence-electron chi connectivity index (χ2n) is 7.84. The van der Waals surface area contributed by atoms with E-state index in [-0.39, 0.29) is 11.3 Å². The number of carbonyl (C=O) groups is 1. The van der Waals surface area contributed by atoms with Crippen molar-refractivity contribution in [3.05, 3.63) is 41.7 Å². The van der Waals surface area contributed by atoms with Gasteiger partial charge in [-0.3, -0.25) is 9.48 Å². The van der Waals surface area contributed by atoms with E-state index < -0.39 is 0 Å². The smallest absolute Gasteiger partial charge is 0.273 e. The van der Waals surface area contributed by atoms with Gasteiger partial charge in [0.1, 0.15) is 5.69 Å². The highest BCUT2D eigenvalue weighted by atomic mass is 16.2. The number of nitrogens with zero attached hydrogens (tertiary/aromatic N) is 3. The molecule has 1 N–H and O–H groups in total. The Bertz CT molecular complexity index is 734. The third-order valence-electron chi connectivity index (χ3n) is 4.73. The summed E-state index contributed by atoms with van der Waals surface area (Å²) in [7, 11) is 1.81. The van der Waals surface area contributed by atoms with Crippen LogP contribution < -0.4 is 10.2 Å². The maximum Gasteiger partial charge on any atom is 0.273 e. The summed E-state index contributed by atoms with van der Waals surface area (Å²) in [6.45, 7) is 8.52. The minimum absolute atomic E-state index is 0.0770. The largest absolute Gasteiger partial charge is 0.372 e. The van der Waals surface area contributed by atoms with Crippen molar-refractivity contribution in [1.82, 2.24) is 9.78 Å². The molecular weight excluding hydrogens is 312 g/mol. The van der Waals surface area contributed by atoms with Gasteiger partial charge in [0.05, 0.1) is 5.69 Å². The molecule has 0 saturated carbocycles. The van der Waals surface area contributed by atoms with Gasteiger partial charge >= 0.3 is 0 Å². The zero-order valence-corrected chi connectivity index (χ0v) is 15.7. The number of nitrogens with one attached hydrogen (secondary N) is 1. The van der Waals surface area contributed by atoms with Gasteiger partial charge in [0, 0.05) is 36.9 Å². The first kappa shape index (κ1) is 17.5. The molecule has 1 amide bonds. The summed E-state index contributed by atoms with van der Waals surface area (Å²) in [5.41, 5.74) is 3.45. The minimum atomic E-state index is -0.128. The van der Waals surface area contributed by atoms with Crippen molar-refractivity contribution in [3.63, 3.8) is 0 Å². The van der Waals surface area contributed by atoms with E-state index in [1.54, 1.807) is 4.68 Å². The molecular formula is C20H28N4O. The average molecular weight is 340 g/mol. The predicted octanol–water partition coefficient (Wildman–Crippen LogP) is 3.96. The third kappa shape index (κ3) is 4.03. The van der Waals surface area contributed by atoms with Gasteiger partial charge in [-0.05, 0) is 49.6 Å². The van der Waals surface area contributed by atoms with Crippen molar-refractivity contribution in [3.8, 4) is 0 Å². The van der Waals surface area contributed by atoms with Crippen LogP contribution >= 0.6 is 0 Å². The van der Waals surface area contributed by atoms with Crippen molar-refractivity contribution < 1.29 is 4.79 Å². The van der Waals surface area contributed by atoms with Crippen molar-refractivity contribution in [2.45, 2.75) is 45.4 Å². The molecule has 134 valence electrons. The fourth-order valence-electron chi connectivity index (χ4n) is 3.15. The lowest BCUT2D eigenvalue weighted by molar-refractivity contribution is 0.101. The molecule has 3 rings (SSSR count). The van der Waals surface area contributed by atoms with Crippen LogP contribution in [0.15, 0.2) is 30.3 Å². The summed E-state index contributed by atoms with van der Waals surface area (Å²) >= 11 is 0. The zero-order chi connectivity index (χ0) is 18.0. The number of benzene rings is 1. The number of amides is 1. The monoisotopic (exact) mass is 340 g/mol. The highest BCUT2D eigenvalue weighted by Crippen LogP contribution is 2.24. The summed E-state index contributed by atoms with van der Waals surface area (Å²) in [6.07, 6.45) is 3.84. The molecule has 2 aromatic rings. The van der Waals surface area contributed by atoms with Gasteiger partial charge in [0.25, 0.3) is 5.91 Å². The molecule has 0 spiro atoms. The second-order valence-corrected chi connectivity index (χ2v) is 7.84. The number of carbonyl (C=O) groups excluding carboxylic acids is 1. The van der Waals surface area contributed by atoms with Crippen LogP contribution in [0.3, 0.4) is 0 Å². The topological polar surface area (TPSA) is 50.2 Å². The average Bonchev–Trinajstić information content (AvgIpc) is 2.99. The number of hydrogen-bond donors (Lipinski definition) is 1. The molecule has 0 radical (unpaired) electrons. The molecule has 0 atom stereocenters. The molecule has 1 fully saturated rings. The van der Waals surface area contributed by atoms with Gasteiger partial charge in [0.15, 0.2) is 0 Å². The van der Waals surface area contributed by atoms with Gasteiger partial charge in [-0.15, -0.1) is 0 Å². The summed E-state index contributed by atoms with van der Waals surface area (Å²) < 4.78 is 1.65. The number of piperidine rings is 1. The van der Waals surface area contributed by atoms with Crippen LogP contribution in [-0.2, 0) is 12.5 Å². The van der Waals surface area contributed by atoms with Crippen molar-refractivity contribution >= 4 is 17.3 Å². The molecule has 25 heavy (non-hydrogen) atoms. The Labute approximate surface area is 150 Å². The van der Waals surface area contributed by atoms with E-state index >= 15 is 0 Å². The maximum absolute atomic E-state index is 12.6. The Morgan fingerprint density at radius 1 is 1.08 bits per heavy atom. The zero-order valence-electron chi connectivity index (χ0n) is 15.7. The molecule has 2 heterocycles. The van der Waals surface area contributed by atoms with E-state index in [9.17, 15) is 4.79 Å². The van der Waals surface area contributed by atoms with E-state index in [1.165, 1.54) is 24.9 Å². The molecule has 0 aliphatic carbocycles. The van der Waals surface area contributed by atoms with Gasteiger partial charge < -0.3 is 10.2 Å². The maximum atomic E-state index is 12.6. The Hall–Kier alpha value is -2.30. The number of aromatic nitrogens is 2. The molecule has 1 aliphatic rings. The van der Waals surface area contributed by atoms with E-state index in [1.807, 2.05) is 25.2 Å². The van der Waals surface area contributed by atoms with Gasteiger partial charge in [-0.1, -0.05) is 20.8 Å². The van der Waals surface area contributed by atoms with E-state index in [0.717, 1.165) is 24.5 Å². The molecule has 5 heteroatoms. The van der Waals surface area contributed by atoms with Crippen LogP contribution in [0, 0.1) is 0 Å². The first-order valence-electron chi connectivity index (χ1n) is 9.05. The first-order chi connectivity index (χ1) is 11.8. The van der Waals surface area contributed by atoms with Crippen molar-refractivity contribution in [2.75, 3.05) is 23.3 Å². The number of hydrogen-bond acceptors (Lipinski definition) is 3. The molecule has 0 bridgehead atoms. The highest BCUT2D eigenvalue weighted by molar-refractivity contribution is 6.03. The number of anilines is 2. The van der Waals surface area contributed by atoms with E-state index in [0.29, 0.717) is 5.69 Å². The molecule has 5 nitrogen and oxygen atoms in total. The van der Waals surface area contributed by atoms with Gasteiger partial charge in [-0.2, -0.15) is 5.10 Å². The Morgan fingerprint density at radius 3 is 2.28 bits per heavy atom. The second kappa shape index (κ2) is 6.90. The molecule has 1 aromatic heterocycles. The third-order valence-corrected chi connectivity index (χ3v) is 4.73. The van der Waals surface area contributed by atoms with Crippen LogP contribution in [0.5, 0.6) is 0 Å². The molecule has 1 aliphatic heterocycles. The molecule has 1 saturated heterocycles.